The van der Waals surface area contributed by atoms with Crippen molar-refractivity contribution < 1.29 is 4.92 Å². The molecule has 0 saturated carbocycles. The van der Waals surface area contributed by atoms with Crippen LogP contribution < -0.4 is 0 Å². The first-order chi connectivity index (χ1) is 11.7. The number of aromatic nitrogens is 3. The van der Waals surface area contributed by atoms with Gasteiger partial charge in [-0.1, -0.05) is 54.2 Å². The lowest BCUT2D eigenvalue weighted by Crippen LogP contribution is -1.94. The van der Waals surface area contributed by atoms with Gasteiger partial charge in [0.25, 0.3) is 5.69 Å². The Balaban J connectivity index is 1.71. The molecule has 0 aliphatic rings. The van der Waals surface area contributed by atoms with Crippen LogP contribution in [0.4, 0.5) is 5.69 Å². The van der Waals surface area contributed by atoms with Gasteiger partial charge >= 0.3 is 0 Å². The first-order valence-electron chi connectivity index (χ1n) is 7.08. The largest absolute Gasteiger partial charge is 0.270 e. The van der Waals surface area contributed by atoms with E-state index in [2.05, 4.69) is 15.3 Å². The maximum atomic E-state index is 10.8. The van der Waals surface area contributed by atoms with Crippen LogP contribution in [-0.2, 0) is 5.75 Å². The monoisotopic (exact) mass is 339 g/mol. The minimum atomic E-state index is -0.433. The van der Waals surface area contributed by atoms with Gasteiger partial charge in [-0.2, -0.15) is 9.78 Å². The zero-order valence-corrected chi connectivity index (χ0v) is 13.3. The van der Waals surface area contributed by atoms with Gasteiger partial charge in [0.05, 0.1) is 11.1 Å². The molecule has 7 nitrogen and oxygen atoms in total. The van der Waals surface area contributed by atoms with Crippen molar-refractivity contribution in [1.29, 1.82) is 0 Å². The average Bonchev–Trinajstić information content (AvgIpc) is 3.07. The molecule has 0 unspecified atom stereocenters. The van der Waals surface area contributed by atoms with Crippen molar-refractivity contribution in [3.63, 3.8) is 0 Å². The highest BCUT2D eigenvalue weighted by Crippen LogP contribution is 2.20. The highest BCUT2D eigenvalue weighted by molar-refractivity contribution is 7.98. The lowest BCUT2D eigenvalue weighted by Gasteiger charge is -2.01. The quantitative estimate of drug-likeness (QED) is 0.297. The number of hydrogen-bond acceptors (Lipinski definition) is 6. The molecule has 0 fully saturated rings. The fraction of sp³-hybridized carbons (Fsp3) is 0.0625. The molecular weight excluding hydrogens is 326 g/mol. The first-order valence-corrected chi connectivity index (χ1v) is 8.06. The summed E-state index contributed by atoms with van der Waals surface area (Å²) in [5.41, 5.74) is 1.85. The third-order valence-electron chi connectivity index (χ3n) is 3.12. The summed E-state index contributed by atoms with van der Waals surface area (Å²) in [6, 6.07) is 16.3. The van der Waals surface area contributed by atoms with Gasteiger partial charge < -0.3 is 0 Å². The Morgan fingerprint density at radius 2 is 2.04 bits per heavy atom. The summed E-state index contributed by atoms with van der Waals surface area (Å²) in [6.45, 7) is 0. The van der Waals surface area contributed by atoms with Crippen molar-refractivity contribution in [1.82, 2.24) is 14.9 Å². The molecule has 0 amide bonds. The highest BCUT2D eigenvalue weighted by atomic mass is 32.2. The molecule has 1 heterocycles. The van der Waals surface area contributed by atoms with E-state index in [1.165, 1.54) is 35.8 Å². The van der Waals surface area contributed by atoms with Gasteiger partial charge in [-0.15, -0.1) is 10.2 Å². The minimum absolute atomic E-state index is 0.0291. The van der Waals surface area contributed by atoms with Crippen molar-refractivity contribution in [3.8, 4) is 0 Å². The second-order valence-corrected chi connectivity index (χ2v) is 5.77. The number of thioether (sulfide) groups is 1. The zero-order chi connectivity index (χ0) is 16.8. The van der Waals surface area contributed by atoms with Crippen molar-refractivity contribution in [2.24, 2.45) is 5.10 Å². The number of nitro benzene ring substituents is 1. The van der Waals surface area contributed by atoms with Crippen LogP contribution in [0.5, 0.6) is 0 Å². The molecule has 1 aromatic heterocycles. The van der Waals surface area contributed by atoms with Crippen LogP contribution in [-0.4, -0.2) is 26.0 Å². The Bertz CT molecular complexity index is 864. The third kappa shape index (κ3) is 4.05. The van der Waals surface area contributed by atoms with E-state index < -0.39 is 4.92 Å². The molecule has 8 heteroatoms. The van der Waals surface area contributed by atoms with E-state index >= 15 is 0 Å². The highest BCUT2D eigenvalue weighted by Gasteiger charge is 2.06. The van der Waals surface area contributed by atoms with E-state index in [9.17, 15) is 10.1 Å². The summed E-state index contributed by atoms with van der Waals surface area (Å²) in [5, 5.41) is 23.6. The van der Waals surface area contributed by atoms with E-state index in [1.807, 2.05) is 30.3 Å². The predicted molar refractivity (Wildman–Crippen MR) is 92.1 cm³/mol. The number of nitro groups is 1. The average molecular weight is 339 g/mol. The van der Waals surface area contributed by atoms with Gasteiger partial charge in [-0.05, 0) is 5.56 Å². The van der Waals surface area contributed by atoms with Crippen LogP contribution in [0.1, 0.15) is 11.1 Å². The Kier molecular flexibility index (Phi) is 4.97. The van der Waals surface area contributed by atoms with Crippen LogP contribution in [0.15, 0.2) is 71.2 Å². The van der Waals surface area contributed by atoms with E-state index in [0.29, 0.717) is 10.7 Å². The second-order valence-electron chi connectivity index (χ2n) is 4.83. The molecule has 2 aromatic carbocycles. The lowest BCUT2D eigenvalue weighted by molar-refractivity contribution is -0.384. The SMILES string of the molecule is O=[N+]([O-])c1cccc(C=Nn2cnnc2SCc2ccccc2)c1. The Hall–Kier alpha value is -3.00. The molecule has 3 rings (SSSR count). The summed E-state index contributed by atoms with van der Waals surface area (Å²) in [7, 11) is 0. The van der Waals surface area contributed by atoms with Gasteiger partial charge in [0.15, 0.2) is 0 Å². The number of non-ortho nitro benzene ring substituents is 1. The maximum Gasteiger partial charge on any atom is 0.270 e. The van der Waals surface area contributed by atoms with Crippen molar-refractivity contribution in [3.05, 3.63) is 82.2 Å². The number of rotatable bonds is 6. The molecule has 24 heavy (non-hydrogen) atoms. The fourth-order valence-corrected chi connectivity index (χ4v) is 2.78. The summed E-state index contributed by atoms with van der Waals surface area (Å²) in [6.07, 6.45) is 3.05. The Morgan fingerprint density at radius 3 is 2.83 bits per heavy atom. The van der Waals surface area contributed by atoms with E-state index in [0.717, 1.165) is 5.75 Å². The third-order valence-corrected chi connectivity index (χ3v) is 4.13. The van der Waals surface area contributed by atoms with Gasteiger partial charge in [0.2, 0.25) is 5.16 Å². The zero-order valence-electron chi connectivity index (χ0n) is 12.5. The van der Waals surface area contributed by atoms with Crippen LogP contribution in [0.2, 0.25) is 0 Å². The molecule has 0 N–H and O–H groups in total. The molecule has 0 bridgehead atoms. The van der Waals surface area contributed by atoms with Crippen molar-refractivity contribution in [2.75, 3.05) is 0 Å². The molecule has 0 radical (unpaired) electrons. The van der Waals surface area contributed by atoms with Crippen LogP contribution in [0.3, 0.4) is 0 Å². The van der Waals surface area contributed by atoms with E-state index in [1.54, 1.807) is 23.0 Å². The van der Waals surface area contributed by atoms with Crippen molar-refractivity contribution >= 4 is 23.7 Å². The molecule has 0 aliphatic heterocycles. The topological polar surface area (TPSA) is 86.2 Å². The summed E-state index contributed by atoms with van der Waals surface area (Å²) in [4.78, 5) is 10.4. The van der Waals surface area contributed by atoms with E-state index in [4.69, 9.17) is 0 Å². The molecule has 3 aromatic rings. The molecule has 120 valence electrons. The standard InChI is InChI=1S/C16H13N5O2S/c22-21(23)15-8-4-7-14(9-15)10-18-20-12-17-19-16(20)24-11-13-5-2-1-3-6-13/h1-10,12H,11H2. The molecule has 0 saturated heterocycles. The number of nitrogens with zero attached hydrogens (tertiary/aromatic N) is 5. The summed E-state index contributed by atoms with van der Waals surface area (Å²) in [5.74, 6) is 0.756. The minimum Gasteiger partial charge on any atom is -0.258 e. The molecule has 0 spiro atoms. The summed E-state index contributed by atoms with van der Waals surface area (Å²) >= 11 is 1.52. The van der Waals surface area contributed by atoms with Crippen LogP contribution >= 0.6 is 11.8 Å². The lowest BCUT2D eigenvalue weighted by atomic mass is 10.2. The van der Waals surface area contributed by atoms with Gasteiger partial charge in [-0.3, -0.25) is 10.1 Å². The van der Waals surface area contributed by atoms with E-state index in [-0.39, 0.29) is 5.69 Å². The Labute approximate surface area is 142 Å². The molecule has 0 atom stereocenters. The summed E-state index contributed by atoms with van der Waals surface area (Å²) < 4.78 is 1.55. The van der Waals surface area contributed by atoms with Gasteiger partial charge in [-0.25, -0.2) is 0 Å². The Morgan fingerprint density at radius 1 is 1.21 bits per heavy atom. The normalized spacial score (nSPS) is 11.0. The number of benzene rings is 2. The smallest absolute Gasteiger partial charge is 0.258 e. The molecule has 0 aliphatic carbocycles. The fourth-order valence-electron chi connectivity index (χ4n) is 1.96. The maximum absolute atomic E-state index is 10.8. The predicted octanol–water partition coefficient (Wildman–Crippen LogP) is 3.36. The van der Waals surface area contributed by atoms with Crippen LogP contribution in [0.25, 0.3) is 0 Å². The van der Waals surface area contributed by atoms with Crippen molar-refractivity contribution in [2.45, 2.75) is 10.9 Å². The van der Waals surface area contributed by atoms with Crippen LogP contribution in [0, 0.1) is 10.1 Å². The van der Waals surface area contributed by atoms with Gasteiger partial charge in [0.1, 0.15) is 6.33 Å². The second kappa shape index (κ2) is 7.51. The number of hydrogen-bond donors (Lipinski definition) is 0. The molecular formula is C16H13N5O2S. The first kappa shape index (κ1) is 15.9. The van der Waals surface area contributed by atoms with Gasteiger partial charge in [0, 0.05) is 23.4 Å².